The molecule has 0 aliphatic carbocycles. The molecule has 0 aliphatic rings. The van der Waals surface area contributed by atoms with Gasteiger partial charge in [0.1, 0.15) is 0 Å². The summed E-state index contributed by atoms with van der Waals surface area (Å²) in [6.45, 7) is 13.3. The molecule has 0 saturated heterocycles. The Kier molecular flexibility index (Phi) is 6.07. The number of rotatable bonds is 4. The predicted molar refractivity (Wildman–Crippen MR) is 107 cm³/mol. The van der Waals surface area contributed by atoms with E-state index in [0.29, 0.717) is 0 Å². The van der Waals surface area contributed by atoms with Gasteiger partial charge in [0.05, 0.1) is 17.4 Å². The standard InChI is InChI=1S/C18H28N3PS/c1-17(2,3)22(23,18(4,5)6)20-15-11-8-9-12-16(15)21(7)14-10-13-19/h8-12,14H,1-7H3,(H,20,23)/b14-10+. The van der Waals surface area contributed by atoms with Gasteiger partial charge < -0.3 is 9.99 Å². The molecule has 0 saturated carbocycles. The maximum Gasteiger partial charge on any atom is 0.0927 e. The number of allylic oxidation sites excluding steroid dienone is 1. The van der Waals surface area contributed by atoms with Crippen molar-refractivity contribution in [1.29, 1.82) is 5.26 Å². The van der Waals surface area contributed by atoms with E-state index in [-0.39, 0.29) is 10.3 Å². The minimum atomic E-state index is -1.93. The van der Waals surface area contributed by atoms with Crippen molar-refractivity contribution < 1.29 is 0 Å². The van der Waals surface area contributed by atoms with Crippen molar-refractivity contribution in [2.24, 2.45) is 0 Å². The second-order valence-electron chi connectivity index (χ2n) is 7.64. The van der Waals surface area contributed by atoms with Crippen LogP contribution in [0.2, 0.25) is 0 Å². The summed E-state index contributed by atoms with van der Waals surface area (Å²) in [5.74, 6) is 0. The van der Waals surface area contributed by atoms with Crippen LogP contribution in [0.1, 0.15) is 41.5 Å². The van der Waals surface area contributed by atoms with E-state index >= 15 is 0 Å². The highest BCUT2D eigenvalue weighted by Gasteiger charge is 2.42. The van der Waals surface area contributed by atoms with Crippen LogP contribution >= 0.6 is 6.19 Å². The van der Waals surface area contributed by atoms with Crippen molar-refractivity contribution in [3.63, 3.8) is 0 Å². The van der Waals surface area contributed by atoms with Gasteiger partial charge in [-0.3, -0.25) is 0 Å². The first-order valence-corrected chi connectivity index (χ1v) is 10.5. The largest absolute Gasteiger partial charge is 0.355 e. The van der Waals surface area contributed by atoms with Crippen molar-refractivity contribution in [3.05, 3.63) is 36.5 Å². The number of hydrogen-bond acceptors (Lipinski definition) is 3. The molecule has 1 N–H and O–H groups in total. The maximum atomic E-state index is 8.74. The third kappa shape index (κ3) is 4.37. The fourth-order valence-corrected chi connectivity index (χ4v) is 6.12. The number of para-hydroxylation sites is 2. The van der Waals surface area contributed by atoms with E-state index in [4.69, 9.17) is 17.1 Å². The number of anilines is 2. The Hall–Kier alpha value is -1.30. The smallest absolute Gasteiger partial charge is 0.0927 e. The fourth-order valence-electron chi connectivity index (χ4n) is 2.61. The van der Waals surface area contributed by atoms with Gasteiger partial charge in [-0.15, -0.1) is 0 Å². The van der Waals surface area contributed by atoms with Crippen LogP contribution in [0.4, 0.5) is 11.4 Å². The quantitative estimate of drug-likeness (QED) is 0.570. The topological polar surface area (TPSA) is 39.1 Å². The van der Waals surface area contributed by atoms with Crippen LogP contribution in [0.5, 0.6) is 0 Å². The lowest BCUT2D eigenvalue weighted by Gasteiger charge is -2.46. The molecular formula is C18H28N3PS. The first-order valence-electron chi connectivity index (χ1n) is 7.71. The number of hydrogen-bond donors (Lipinski definition) is 1. The highest BCUT2D eigenvalue weighted by atomic mass is 32.4. The van der Waals surface area contributed by atoms with E-state index < -0.39 is 6.19 Å². The molecule has 0 unspecified atom stereocenters. The van der Waals surface area contributed by atoms with Gasteiger partial charge in [-0.2, -0.15) is 5.26 Å². The third-order valence-corrected chi connectivity index (χ3v) is 11.7. The second-order valence-corrected chi connectivity index (χ2v) is 13.4. The Morgan fingerprint density at radius 3 is 2.13 bits per heavy atom. The van der Waals surface area contributed by atoms with Gasteiger partial charge in [0, 0.05) is 35.8 Å². The minimum Gasteiger partial charge on any atom is -0.355 e. The monoisotopic (exact) mass is 349 g/mol. The lowest BCUT2D eigenvalue weighted by atomic mass is 10.2. The van der Waals surface area contributed by atoms with Crippen LogP contribution in [-0.4, -0.2) is 17.4 Å². The van der Waals surface area contributed by atoms with Crippen LogP contribution in [0.15, 0.2) is 36.5 Å². The Morgan fingerprint density at radius 2 is 1.65 bits per heavy atom. The molecule has 0 aromatic heterocycles. The summed E-state index contributed by atoms with van der Waals surface area (Å²) in [4.78, 5) is 1.94. The molecular weight excluding hydrogens is 321 g/mol. The zero-order valence-electron chi connectivity index (χ0n) is 15.2. The summed E-state index contributed by atoms with van der Waals surface area (Å²) in [6, 6.07) is 10.1. The Morgan fingerprint density at radius 1 is 1.13 bits per heavy atom. The van der Waals surface area contributed by atoms with Crippen molar-refractivity contribution in [2.45, 2.75) is 51.9 Å². The van der Waals surface area contributed by atoms with Crippen LogP contribution in [0.25, 0.3) is 0 Å². The van der Waals surface area contributed by atoms with Crippen LogP contribution in [0.3, 0.4) is 0 Å². The summed E-state index contributed by atoms with van der Waals surface area (Å²) in [5.41, 5.74) is 2.03. The van der Waals surface area contributed by atoms with Gasteiger partial charge in [-0.1, -0.05) is 65.5 Å². The second kappa shape index (κ2) is 7.07. The van der Waals surface area contributed by atoms with E-state index in [2.05, 4.69) is 52.7 Å². The predicted octanol–water partition coefficient (Wildman–Crippen LogP) is 5.56. The van der Waals surface area contributed by atoms with Crippen LogP contribution < -0.4 is 9.99 Å². The molecule has 0 amide bonds. The van der Waals surface area contributed by atoms with Gasteiger partial charge in [-0.05, 0) is 12.1 Å². The molecule has 0 heterocycles. The molecule has 1 aromatic rings. The molecule has 0 radical (unpaired) electrons. The van der Waals surface area contributed by atoms with Gasteiger partial charge in [-0.25, -0.2) is 0 Å². The molecule has 0 fully saturated rings. The number of nitrogens with one attached hydrogen (secondary N) is 1. The minimum absolute atomic E-state index is 0.00520. The van der Waals surface area contributed by atoms with E-state index in [0.717, 1.165) is 11.4 Å². The lowest BCUT2D eigenvalue weighted by Crippen LogP contribution is -2.32. The van der Waals surface area contributed by atoms with E-state index in [1.54, 1.807) is 6.20 Å². The molecule has 3 nitrogen and oxygen atoms in total. The van der Waals surface area contributed by atoms with E-state index in [1.165, 1.54) is 6.08 Å². The highest BCUT2D eigenvalue weighted by molar-refractivity contribution is 8.16. The number of benzene rings is 1. The SMILES string of the molecule is CN(/C=C/C#N)c1ccccc1NP(=S)(C(C)(C)C)C(C)(C)C. The average molecular weight is 349 g/mol. The Labute approximate surface area is 146 Å². The Balaban J connectivity index is 3.36. The normalized spacial score (nSPS) is 13.0. The molecule has 23 heavy (non-hydrogen) atoms. The molecule has 126 valence electrons. The zero-order valence-corrected chi connectivity index (χ0v) is 16.9. The molecule has 0 aliphatic heterocycles. The van der Waals surface area contributed by atoms with Crippen molar-refractivity contribution in [1.82, 2.24) is 0 Å². The molecule has 0 spiro atoms. The first kappa shape index (κ1) is 19.7. The molecule has 0 atom stereocenters. The summed E-state index contributed by atoms with van der Waals surface area (Å²) in [6.07, 6.45) is 1.30. The van der Waals surface area contributed by atoms with Gasteiger partial charge in [0.25, 0.3) is 0 Å². The fraction of sp³-hybridized carbons (Fsp3) is 0.500. The van der Waals surface area contributed by atoms with Crippen molar-refractivity contribution >= 4 is 29.4 Å². The number of nitrogens with zero attached hydrogens (tertiary/aromatic N) is 2. The van der Waals surface area contributed by atoms with Crippen molar-refractivity contribution in [2.75, 3.05) is 17.0 Å². The van der Waals surface area contributed by atoms with Crippen molar-refractivity contribution in [3.8, 4) is 6.07 Å². The first-order chi connectivity index (χ1) is 10.4. The summed E-state index contributed by atoms with van der Waals surface area (Å²) >= 11 is 6.20. The Bertz CT molecular complexity index is 642. The summed E-state index contributed by atoms with van der Waals surface area (Å²) in [7, 11) is 1.94. The molecule has 5 heteroatoms. The highest BCUT2D eigenvalue weighted by Crippen LogP contribution is 2.66. The summed E-state index contributed by atoms with van der Waals surface area (Å²) in [5, 5.41) is 12.5. The van der Waals surface area contributed by atoms with Gasteiger partial charge in [0.2, 0.25) is 0 Å². The molecule has 0 bridgehead atoms. The number of nitriles is 1. The maximum absolute atomic E-state index is 8.74. The average Bonchev–Trinajstić information content (AvgIpc) is 2.42. The molecule has 1 rings (SSSR count). The van der Waals surface area contributed by atoms with Gasteiger partial charge in [0.15, 0.2) is 0 Å². The van der Waals surface area contributed by atoms with E-state index in [9.17, 15) is 0 Å². The third-order valence-electron chi connectivity index (χ3n) is 3.82. The zero-order chi connectivity index (χ0) is 17.9. The van der Waals surface area contributed by atoms with Crippen LogP contribution in [0, 0.1) is 11.3 Å². The van der Waals surface area contributed by atoms with Gasteiger partial charge >= 0.3 is 0 Å². The molecule has 1 aromatic carbocycles. The van der Waals surface area contributed by atoms with E-state index in [1.807, 2.05) is 36.2 Å². The lowest BCUT2D eigenvalue weighted by molar-refractivity contribution is 0.708. The van der Waals surface area contributed by atoms with Crippen LogP contribution in [-0.2, 0) is 11.8 Å². The summed E-state index contributed by atoms with van der Waals surface area (Å²) < 4.78 is 0.